The summed E-state index contributed by atoms with van der Waals surface area (Å²) in [5.41, 5.74) is 0.518. The van der Waals surface area contributed by atoms with Gasteiger partial charge in [-0.3, -0.25) is 14.9 Å². The van der Waals surface area contributed by atoms with Crippen molar-refractivity contribution in [1.82, 2.24) is 9.97 Å². The van der Waals surface area contributed by atoms with E-state index in [4.69, 9.17) is 9.47 Å². The first kappa shape index (κ1) is 20.4. The molecule has 0 atom stereocenters. The van der Waals surface area contributed by atoms with Gasteiger partial charge in [0.05, 0.1) is 34.9 Å². The van der Waals surface area contributed by atoms with Crippen molar-refractivity contribution >= 4 is 28.4 Å². The first-order valence-corrected chi connectivity index (χ1v) is 9.99. The highest BCUT2D eigenvalue weighted by atomic mass is 32.2. The maximum atomic E-state index is 12.6. The Labute approximate surface area is 181 Å². The molecular weight excluding hydrogens is 418 g/mol. The Balaban J connectivity index is 1.90. The number of ether oxygens (including phenoxy) is 2. The zero-order valence-electron chi connectivity index (χ0n) is 16.6. The monoisotopic (exact) mass is 435 g/mol. The zero-order valence-corrected chi connectivity index (χ0v) is 17.4. The van der Waals surface area contributed by atoms with Gasteiger partial charge in [-0.05, 0) is 36.4 Å². The van der Waals surface area contributed by atoms with E-state index in [1.807, 2.05) is 6.07 Å². The summed E-state index contributed by atoms with van der Waals surface area (Å²) in [7, 11) is 3.13. The number of para-hydroxylation sites is 1. The number of aromatic nitrogens is 2. The van der Waals surface area contributed by atoms with Crippen molar-refractivity contribution in [2.75, 3.05) is 14.2 Å². The fourth-order valence-corrected chi connectivity index (χ4v) is 4.17. The SMILES string of the molecule is COc1ccc(OC)c(Sc2ccc([N+](=O)[O-])cc2-c2nc3ccccc3c(=O)[nH]2)c1. The van der Waals surface area contributed by atoms with Gasteiger partial charge in [-0.2, -0.15) is 0 Å². The molecule has 1 aromatic heterocycles. The molecule has 4 rings (SSSR count). The molecule has 3 aromatic carbocycles. The lowest BCUT2D eigenvalue weighted by molar-refractivity contribution is -0.384. The van der Waals surface area contributed by atoms with Crippen LogP contribution in [0.4, 0.5) is 5.69 Å². The van der Waals surface area contributed by atoms with Crippen LogP contribution in [0.5, 0.6) is 11.5 Å². The topological polar surface area (TPSA) is 107 Å². The quantitative estimate of drug-likeness (QED) is 0.346. The molecule has 1 heterocycles. The van der Waals surface area contributed by atoms with Crippen molar-refractivity contribution in [1.29, 1.82) is 0 Å². The molecule has 0 aliphatic heterocycles. The van der Waals surface area contributed by atoms with Crippen molar-refractivity contribution < 1.29 is 14.4 Å². The molecule has 8 nitrogen and oxygen atoms in total. The second-order valence-corrected chi connectivity index (χ2v) is 7.57. The van der Waals surface area contributed by atoms with E-state index in [0.29, 0.717) is 32.9 Å². The number of non-ortho nitro benzene ring substituents is 1. The summed E-state index contributed by atoms with van der Waals surface area (Å²) in [4.78, 5) is 32.2. The van der Waals surface area contributed by atoms with E-state index in [9.17, 15) is 14.9 Å². The number of nitro groups is 1. The predicted octanol–water partition coefficient (Wildman–Crippen LogP) is 4.67. The first-order chi connectivity index (χ1) is 15.0. The molecule has 0 amide bonds. The number of nitro benzene ring substituents is 1. The summed E-state index contributed by atoms with van der Waals surface area (Å²) in [6, 6.07) is 16.8. The number of fused-ring (bicyclic) bond motifs is 1. The van der Waals surface area contributed by atoms with Crippen LogP contribution in [0.2, 0.25) is 0 Å². The molecule has 9 heteroatoms. The number of benzene rings is 3. The molecule has 0 bridgehead atoms. The van der Waals surface area contributed by atoms with E-state index in [0.717, 1.165) is 4.90 Å². The first-order valence-electron chi connectivity index (χ1n) is 9.18. The highest BCUT2D eigenvalue weighted by molar-refractivity contribution is 7.99. The number of aromatic amines is 1. The fourth-order valence-electron chi connectivity index (χ4n) is 3.10. The Bertz CT molecular complexity index is 1350. The smallest absolute Gasteiger partial charge is 0.270 e. The Morgan fingerprint density at radius 3 is 2.55 bits per heavy atom. The Kier molecular flexibility index (Phi) is 5.59. The van der Waals surface area contributed by atoms with Crippen molar-refractivity contribution in [3.8, 4) is 22.9 Å². The van der Waals surface area contributed by atoms with Crippen LogP contribution in [0.3, 0.4) is 0 Å². The summed E-state index contributed by atoms with van der Waals surface area (Å²) in [6.07, 6.45) is 0. The minimum Gasteiger partial charge on any atom is -0.497 e. The number of hydrogen-bond donors (Lipinski definition) is 1. The Morgan fingerprint density at radius 1 is 1.00 bits per heavy atom. The molecule has 0 saturated carbocycles. The number of H-pyrrole nitrogens is 1. The van der Waals surface area contributed by atoms with Gasteiger partial charge in [0, 0.05) is 22.6 Å². The number of rotatable bonds is 6. The van der Waals surface area contributed by atoms with Crippen LogP contribution in [-0.2, 0) is 0 Å². The molecule has 0 radical (unpaired) electrons. The van der Waals surface area contributed by atoms with E-state index in [2.05, 4.69) is 9.97 Å². The standard InChI is InChI=1S/C22H17N3O5S/c1-29-14-8-9-18(30-2)20(12-14)31-19-10-7-13(25(27)28)11-16(19)21-23-17-6-4-3-5-15(17)22(26)24-21/h3-12H,1-2H3,(H,23,24,26). The summed E-state index contributed by atoms with van der Waals surface area (Å²) in [5, 5.41) is 11.8. The summed E-state index contributed by atoms with van der Waals surface area (Å²) in [5.74, 6) is 1.51. The summed E-state index contributed by atoms with van der Waals surface area (Å²) in [6.45, 7) is 0. The fraction of sp³-hybridized carbons (Fsp3) is 0.0909. The predicted molar refractivity (Wildman–Crippen MR) is 118 cm³/mol. The van der Waals surface area contributed by atoms with Gasteiger partial charge < -0.3 is 14.5 Å². The molecule has 0 saturated heterocycles. The van der Waals surface area contributed by atoms with Crippen LogP contribution in [-0.4, -0.2) is 29.1 Å². The van der Waals surface area contributed by atoms with Crippen molar-refractivity contribution in [3.05, 3.63) is 81.1 Å². The average Bonchev–Trinajstić information content (AvgIpc) is 2.79. The van der Waals surface area contributed by atoms with Gasteiger partial charge in [-0.15, -0.1) is 0 Å². The van der Waals surface area contributed by atoms with Crippen molar-refractivity contribution in [2.24, 2.45) is 0 Å². The number of nitrogens with one attached hydrogen (secondary N) is 1. The minimum absolute atomic E-state index is 0.104. The van der Waals surface area contributed by atoms with E-state index in [1.54, 1.807) is 56.7 Å². The third kappa shape index (κ3) is 4.08. The highest BCUT2D eigenvalue weighted by Crippen LogP contribution is 2.42. The Morgan fingerprint density at radius 2 is 1.81 bits per heavy atom. The van der Waals surface area contributed by atoms with Crippen LogP contribution < -0.4 is 15.0 Å². The molecule has 0 fully saturated rings. The molecular formula is C22H17N3O5S. The van der Waals surface area contributed by atoms with Crippen LogP contribution >= 0.6 is 11.8 Å². The lowest BCUT2D eigenvalue weighted by Gasteiger charge is -2.13. The number of hydrogen-bond acceptors (Lipinski definition) is 7. The van der Waals surface area contributed by atoms with Gasteiger partial charge >= 0.3 is 0 Å². The van der Waals surface area contributed by atoms with Crippen LogP contribution in [0.1, 0.15) is 0 Å². The Hall–Kier alpha value is -3.85. The molecule has 31 heavy (non-hydrogen) atoms. The van der Waals surface area contributed by atoms with Gasteiger partial charge in [-0.1, -0.05) is 23.9 Å². The van der Waals surface area contributed by atoms with Gasteiger partial charge in [0.15, 0.2) is 0 Å². The maximum absolute atomic E-state index is 12.6. The molecule has 0 unspecified atom stereocenters. The molecule has 156 valence electrons. The van der Waals surface area contributed by atoms with E-state index in [-0.39, 0.29) is 17.1 Å². The normalized spacial score (nSPS) is 10.8. The zero-order chi connectivity index (χ0) is 22.0. The second-order valence-electron chi connectivity index (χ2n) is 6.49. The largest absolute Gasteiger partial charge is 0.497 e. The van der Waals surface area contributed by atoms with E-state index < -0.39 is 4.92 Å². The minimum atomic E-state index is -0.483. The van der Waals surface area contributed by atoms with Gasteiger partial charge in [-0.25, -0.2) is 4.98 Å². The van der Waals surface area contributed by atoms with Crippen LogP contribution in [0.25, 0.3) is 22.3 Å². The molecule has 4 aromatic rings. The highest BCUT2D eigenvalue weighted by Gasteiger charge is 2.18. The van der Waals surface area contributed by atoms with Gasteiger partial charge in [0.1, 0.15) is 17.3 Å². The summed E-state index contributed by atoms with van der Waals surface area (Å²) < 4.78 is 10.7. The van der Waals surface area contributed by atoms with Gasteiger partial charge in [0.25, 0.3) is 11.2 Å². The maximum Gasteiger partial charge on any atom is 0.270 e. The lowest BCUT2D eigenvalue weighted by Crippen LogP contribution is -2.09. The molecule has 0 spiro atoms. The van der Waals surface area contributed by atoms with Crippen LogP contribution in [0.15, 0.2) is 75.2 Å². The average molecular weight is 435 g/mol. The van der Waals surface area contributed by atoms with Gasteiger partial charge in [0.2, 0.25) is 0 Å². The molecule has 1 N–H and O–H groups in total. The van der Waals surface area contributed by atoms with E-state index in [1.165, 1.54) is 23.9 Å². The third-order valence-electron chi connectivity index (χ3n) is 4.63. The third-order valence-corrected chi connectivity index (χ3v) is 5.75. The van der Waals surface area contributed by atoms with Crippen molar-refractivity contribution in [3.63, 3.8) is 0 Å². The van der Waals surface area contributed by atoms with E-state index >= 15 is 0 Å². The molecule has 0 aliphatic rings. The second kappa shape index (κ2) is 8.49. The number of methoxy groups -OCH3 is 2. The van der Waals surface area contributed by atoms with Crippen LogP contribution in [0, 0.1) is 10.1 Å². The number of nitrogens with zero attached hydrogens (tertiary/aromatic N) is 2. The lowest BCUT2D eigenvalue weighted by atomic mass is 10.1. The summed E-state index contributed by atoms with van der Waals surface area (Å²) >= 11 is 1.33. The van der Waals surface area contributed by atoms with Crippen molar-refractivity contribution in [2.45, 2.75) is 9.79 Å². The molecule has 0 aliphatic carbocycles.